The van der Waals surface area contributed by atoms with E-state index in [9.17, 15) is 4.79 Å². The minimum atomic E-state index is 0.167. The summed E-state index contributed by atoms with van der Waals surface area (Å²) in [6.45, 7) is 5.77. The summed E-state index contributed by atoms with van der Waals surface area (Å²) in [5.41, 5.74) is 3.77. The van der Waals surface area contributed by atoms with Gasteiger partial charge in [-0.3, -0.25) is 4.79 Å². The minimum Gasteiger partial charge on any atom is -0.288 e. The summed E-state index contributed by atoms with van der Waals surface area (Å²) in [4.78, 5) is 10.7. The first-order valence-electron chi connectivity index (χ1n) is 4.97. The van der Waals surface area contributed by atoms with Crippen LogP contribution in [0.2, 0.25) is 0 Å². The van der Waals surface area contributed by atoms with E-state index in [1.807, 2.05) is 6.08 Å². The van der Waals surface area contributed by atoms with Crippen molar-refractivity contribution >= 4 is 23.0 Å². The van der Waals surface area contributed by atoms with Crippen molar-refractivity contribution in [2.24, 2.45) is 0 Å². The van der Waals surface area contributed by atoms with Gasteiger partial charge in [0.15, 0.2) is 5.12 Å². The molecule has 0 aliphatic carbocycles. The van der Waals surface area contributed by atoms with E-state index in [2.05, 4.69) is 38.1 Å². The molecule has 0 heterocycles. The Morgan fingerprint density at radius 3 is 2.80 bits per heavy atom. The standard InChI is InChI=1S/C13H16OS/c1-10-6-7-11(2)13(9-10)5-4-8-15-12(3)14/h4-7,9H,8H2,1-3H3. The number of aryl methyl sites for hydroxylation is 2. The number of hydrogen-bond donors (Lipinski definition) is 0. The summed E-state index contributed by atoms with van der Waals surface area (Å²) in [5.74, 6) is 0.753. The lowest BCUT2D eigenvalue weighted by Gasteiger charge is -2.01. The van der Waals surface area contributed by atoms with Crippen LogP contribution in [-0.4, -0.2) is 10.9 Å². The first kappa shape index (κ1) is 12.1. The Labute approximate surface area is 95.6 Å². The summed E-state index contributed by atoms with van der Waals surface area (Å²) in [6, 6.07) is 6.38. The molecule has 0 saturated carbocycles. The molecule has 0 aromatic heterocycles. The predicted molar refractivity (Wildman–Crippen MR) is 68.1 cm³/mol. The van der Waals surface area contributed by atoms with Crippen molar-refractivity contribution in [3.8, 4) is 0 Å². The van der Waals surface area contributed by atoms with E-state index in [1.54, 1.807) is 6.92 Å². The fourth-order valence-corrected chi connectivity index (χ4v) is 1.71. The highest BCUT2D eigenvalue weighted by Gasteiger charge is 1.94. The average molecular weight is 220 g/mol. The molecule has 0 saturated heterocycles. The van der Waals surface area contributed by atoms with Crippen molar-refractivity contribution < 1.29 is 4.79 Å². The molecule has 0 unspecified atom stereocenters. The molecule has 80 valence electrons. The SMILES string of the molecule is CC(=O)SCC=Cc1cc(C)ccc1C. The normalized spacial score (nSPS) is 10.9. The predicted octanol–water partition coefficient (Wildman–Crippen LogP) is 3.60. The number of carbonyl (C=O) groups is 1. The number of thioether (sulfide) groups is 1. The van der Waals surface area contributed by atoms with Crippen molar-refractivity contribution in [3.05, 3.63) is 41.0 Å². The van der Waals surface area contributed by atoms with Gasteiger partial charge in [-0.2, -0.15) is 0 Å². The third-order valence-corrected chi connectivity index (χ3v) is 2.88. The molecule has 0 amide bonds. The Morgan fingerprint density at radius 1 is 1.40 bits per heavy atom. The van der Waals surface area contributed by atoms with E-state index in [-0.39, 0.29) is 5.12 Å². The highest BCUT2D eigenvalue weighted by atomic mass is 32.2. The van der Waals surface area contributed by atoms with Crippen LogP contribution in [0.15, 0.2) is 24.3 Å². The molecule has 0 radical (unpaired) electrons. The van der Waals surface area contributed by atoms with Crippen molar-refractivity contribution in [3.63, 3.8) is 0 Å². The molecule has 0 N–H and O–H groups in total. The lowest BCUT2D eigenvalue weighted by Crippen LogP contribution is -1.84. The Kier molecular flexibility index (Phi) is 4.63. The summed E-state index contributed by atoms with van der Waals surface area (Å²) in [7, 11) is 0. The van der Waals surface area contributed by atoms with Crippen LogP contribution in [0.1, 0.15) is 23.6 Å². The molecule has 0 spiro atoms. The zero-order chi connectivity index (χ0) is 11.3. The molecule has 15 heavy (non-hydrogen) atoms. The quantitative estimate of drug-likeness (QED) is 0.774. The van der Waals surface area contributed by atoms with Crippen molar-refractivity contribution in [1.82, 2.24) is 0 Å². The first-order valence-corrected chi connectivity index (χ1v) is 5.95. The van der Waals surface area contributed by atoms with Gasteiger partial charge in [-0.05, 0) is 25.0 Å². The monoisotopic (exact) mass is 220 g/mol. The smallest absolute Gasteiger partial charge is 0.186 e. The molecule has 0 atom stereocenters. The van der Waals surface area contributed by atoms with Gasteiger partial charge in [0, 0.05) is 12.7 Å². The molecule has 1 aromatic carbocycles. The van der Waals surface area contributed by atoms with E-state index in [0.29, 0.717) is 0 Å². The van der Waals surface area contributed by atoms with Gasteiger partial charge in [0.05, 0.1) is 0 Å². The molecule has 1 nitrogen and oxygen atoms in total. The van der Waals surface area contributed by atoms with Gasteiger partial charge in [0.1, 0.15) is 0 Å². The Morgan fingerprint density at radius 2 is 2.13 bits per heavy atom. The molecule has 2 heteroatoms. The van der Waals surface area contributed by atoms with Crippen LogP contribution in [0, 0.1) is 13.8 Å². The maximum atomic E-state index is 10.7. The second-order valence-electron chi connectivity index (χ2n) is 3.56. The van der Waals surface area contributed by atoms with E-state index in [4.69, 9.17) is 0 Å². The highest BCUT2D eigenvalue weighted by Crippen LogP contribution is 2.13. The van der Waals surface area contributed by atoms with Crippen molar-refractivity contribution in [2.75, 3.05) is 5.75 Å². The summed E-state index contributed by atoms with van der Waals surface area (Å²) < 4.78 is 0. The Hall–Kier alpha value is -1.02. The van der Waals surface area contributed by atoms with E-state index < -0.39 is 0 Å². The van der Waals surface area contributed by atoms with Gasteiger partial charge in [-0.25, -0.2) is 0 Å². The Bertz CT molecular complexity index is 380. The molecule has 1 aromatic rings. The zero-order valence-electron chi connectivity index (χ0n) is 9.41. The van der Waals surface area contributed by atoms with E-state index in [0.717, 1.165) is 5.75 Å². The molecular formula is C13H16OS. The molecular weight excluding hydrogens is 204 g/mol. The van der Waals surface area contributed by atoms with Crippen LogP contribution in [0.4, 0.5) is 0 Å². The van der Waals surface area contributed by atoms with Crippen LogP contribution < -0.4 is 0 Å². The third kappa shape index (κ3) is 4.34. The summed E-state index contributed by atoms with van der Waals surface area (Å²) >= 11 is 1.33. The van der Waals surface area contributed by atoms with Gasteiger partial charge < -0.3 is 0 Å². The van der Waals surface area contributed by atoms with Crippen molar-refractivity contribution in [2.45, 2.75) is 20.8 Å². The van der Waals surface area contributed by atoms with E-state index in [1.165, 1.54) is 28.5 Å². The largest absolute Gasteiger partial charge is 0.288 e. The maximum Gasteiger partial charge on any atom is 0.186 e. The van der Waals surface area contributed by atoms with Gasteiger partial charge in [0.25, 0.3) is 0 Å². The summed E-state index contributed by atoms with van der Waals surface area (Å²) in [6.07, 6.45) is 4.12. The van der Waals surface area contributed by atoms with Crippen LogP contribution in [0.5, 0.6) is 0 Å². The lowest BCUT2D eigenvalue weighted by molar-refractivity contribution is -0.109. The molecule has 0 aliphatic heterocycles. The van der Waals surface area contributed by atoms with Crippen LogP contribution in [-0.2, 0) is 4.79 Å². The second kappa shape index (κ2) is 5.76. The fourth-order valence-electron chi connectivity index (χ4n) is 1.28. The number of rotatable bonds is 3. The van der Waals surface area contributed by atoms with Gasteiger partial charge in [-0.15, -0.1) is 0 Å². The topological polar surface area (TPSA) is 17.1 Å². The molecule has 0 bridgehead atoms. The van der Waals surface area contributed by atoms with E-state index >= 15 is 0 Å². The highest BCUT2D eigenvalue weighted by molar-refractivity contribution is 8.13. The van der Waals surface area contributed by atoms with Crippen LogP contribution >= 0.6 is 11.8 Å². The van der Waals surface area contributed by atoms with Gasteiger partial charge in [0.2, 0.25) is 0 Å². The zero-order valence-corrected chi connectivity index (χ0v) is 10.2. The molecule has 0 fully saturated rings. The van der Waals surface area contributed by atoms with Gasteiger partial charge >= 0.3 is 0 Å². The van der Waals surface area contributed by atoms with Crippen LogP contribution in [0.3, 0.4) is 0 Å². The molecule has 1 rings (SSSR count). The van der Waals surface area contributed by atoms with Crippen molar-refractivity contribution in [1.29, 1.82) is 0 Å². The minimum absolute atomic E-state index is 0.167. The van der Waals surface area contributed by atoms with Crippen LogP contribution in [0.25, 0.3) is 6.08 Å². The lowest BCUT2D eigenvalue weighted by atomic mass is 10.1. The first-order chi connectivity index (χ1) is 7.09. The van der Waals surface area contributed by atoms with Gasteiger partial charge in [-0.1, -0.05) is 47.7 Å². The molecule has 0 aliphatic rings. The fraction of sp³-hybridized carbons (Fsp3) is 0.308. The average Bonchev–Trinajstić information content (AvgIpc) is 2.17. The summed E-state index contributed by atoms with van der Waals surface area (Å²) in [5, 5.41) is 0.167. The number of hydrogen-bond acceptors (Lipinski definition) is 2. The second-order valence-corrected chi connectivity index (χ2v) is 4.76. The third-order valence-electron chi connectivity index (χ3n) is 2.11. The Balaban J connectivity index is 2.63. The maximum absolute atomic E-state index is 10.7. The number of carbonyl (C=O) groups excluding carboxylic acids is 1. The number of benzene rings is 1.